The Balaban J connectivity index is 2.95. The molecule has 1 aromatic heterocycles. The maximum Gasteiger partial charge on any atom is 0.358 e. The standard InChI is InChI=1S/C10H10ClN3O2/c1-3-5-12-9-7(11)8(13-6-14-9)10(15)16-4-2/h1,6H,4-5H2,2H3,(H,12,13,14). The van der Waals surface area contributed by atoms with Crippen molar-refractivity contribution in [2.75, 3.05) is 18.5 Å². The first-order chi connectivity index (χ1) is 7.70. The molecular weight excluding hydrogens is 230 g/mol. The number of nitrogens with one attached hydrogen (secondary N) is 1. The summed E-state index contributed by atoms with van der Waals surface area (Å²) in [5.74, 6) is 2.10. The highest BCUT2D eigenvalue weighted by molar-refractivity contribution is 6.35. The van der Waals surface area contributed by atoms with Gasteiger partial charge in [-0.15, -0.1) is 6.42 Å². The number of terminal acetylenes is 1. The summed E-state index contributed by atoms with van der Waals surface area (Å²) in [5, 5.41) is 2.88. The molecule has 0 amide bonds. The number of rotatable bonds is 4. The van der Waals surface area contributed by atoms with Crippen molar-refractivity contribution < 1.29 is 9.53 Å². The molecule has 0 aliphatic rings. The molecule has 6 heteroatoms. The number of carbonyl (C=O) groups excluding carboxylic acids is 1. The predicted molar refractivity (Wildman–Crippen MR) is 60.3 cm³/mol. The summed E-state index contributed by atoms with van der Waals surface area (Å²) in [6.07, 6.45) is 6.30. The Morgan fingerprint density at radius 3 is 3.06 bits per heavy atom. The Morgan fingerprint density at radius 1 is 1.69 bits per heavy atom. The van der Waals surface area contributed by atoms with Crippen molar-refractivity contribution in [3.63, 3.8) is 0 Å². The van der Waals surface area contributed by atoms with E-state index in [1.165, 1.54) is 6.33 Å². The highest BCUT2D eigenvalue weighted by Gasteiger charge is 2.16. The largest absolute Gasteiger partial charge is 0.461 e. The van der Waals surface area contributed by atoms with E-state index in [-0.39, 0.29) is 23.9 Å². The smallest absolute Gasteiger partial charge is 0.358 e. The molecule has 1 N–H and O–H groups in total. The van der Waals surface area contributed by atoms with Crippen LogP contribution in [0.4, 0.5) is 5.82 Å². The van der Waals surface area contributed by atoms with Gasteiger partial charge in [0.05, 0.1) is 13.2 Å². The van der Waals surface area contributed by atoms with Gasteiger partial charge in [0.1, 0.15) is 17.2 Å². The maximum absolute atomic E-state index is 11.4. The van der Waals surface area contributed by atoms with Gasteiger partial charge in [-0.2, -0.15) is 0 Å². The van der Waals surface area contributed by atoms with E-state index < -0.39 is 5.97 Å². The molecule has 0 aromatic carbocycles. The second-order valence-corrected chi connectivity index (χ2v) is 3.04. The van der Waals surface area contributed by atoms with Crippen molar-refractivity contribution in [3.05, 3.63) is 17.0 Å². The van der Waals surface area contributed by atoms with Gasteiger partial charge in [-0.05, 0) is 6.92 Å². The lowest BCUT2D eigenvalue weighted by molar-refractivity contribution is 0.0519. The van der Waals surface area contributed by atoms with Crippen LogP contribution in [0.15, 0.2) is 6.33 Å². The monoisotopic (exact) mass is 239 g/mol. The minimum absolute atomic E-state index is 0.0260. The quantitative estimate of drug-likeness (QED) is 0.635. The van der Waals surface area contributed by atoms with Crippen molar-refractivity contribution in [2.24, 2.45) is 0 Å². The first-order valence-electron chi connectivity index (χ1n) is 4.55. The molecule has 0 bridgehead atoms. The van der Waals surface area contributed by atoms with Gasteiger partial charge in [0.2, 0.25) is 0 Å². The molecule has 0 saturated heterocycles. The average molecular weight is 240 g/mol. The molecule has 16 heavy (non-hydrogen) atoms. The molecule has 0 aliphatic heterocycles. The lowest BCUT2D eigenvalue weighted by Crippen LogP contribution is -2.11. The number of halogens is 1. The molecule has 84 valence electrons. The normalized spacial score (nSPS) is 9.31. The van der Waals surface area contributed by atoms with E-state index in [9.17, 15) is 4.79 Å². The SMILES string of the molecule is C#CCNc1ncnc(C(=O)OCC)c1Cl. The fraction of sp³-hybridized carbons (Fsp3) is 0.300. The van der Waals surface area contributed by atoms with Crippen LogP contribution in [-0.4, -0.2) is 29.1 Å². The second kappa shape index (κ2) is 5.93. The van der Waals surface area contributed by atoms with Gasteiger partial charge in [0.15, 0.2) is 5.69 Å². The first kappa shape index (κ1) is 12.3. The van der Waals surface area contributed by atoms with E-state index >= 15 is 0 Å². The molecule has 0 saturated carbocycles. The van der Waals surface area contributed by atoms with E-state index in [0.717, 1.165) is 0 Å². The number of nitrogens with zero attached hydrogens (tertiary/aromatic N) is 2. The van der Waals surface area contributed by atoms with Crippen LogP contribution < -0.4 is 5.32 Å². The Hall–Kier alpha value is -1.80. The summed E-state index contributed by atoms with van der Waals surface area (Å²) in [7, 11) is 0. The molecule has 0 atom stereocenters. The molecule has 1 aromatic rings. The van der Waals surface area contributed by atoms with Gasteiger partial charge in [0, 0.05) is 0 Å². The number of hydrogen-bond acceptors (Lipinski definition) is 5. The first-order valence-corrected chi connectivity index (χ1v) is 4.93. The average Bonchev–Trinajstić information content (AvgIpc) is 2.28. The van der Waals surface area contributed by atoms with E-state index in [0.29, 0.717) is 5.82 Å². The van der Waals surface area contributed by atoms with Crippen LogP contribution in [0.2, 0.25) is 5.02 Å². The zero-order valence-electron chi connectivity index (χ0n) is 8.66. The van der Waals surface area contributed by atoms with Crippen LogP contribution in [0.3, 0.4) is 0 Å². The summed E-state index contributed by atoms with van der Waals surface area (Å²) in [6.45, 7) is 2.22. The molecule has 0 radical (unpaired) electrons. The summed E-state index contributed by atoms with van der Waals surface area (Å²) in [5.41, 5.74) is 0.0260. The van der Waals surface area contributed by atoms with Gasteiger partial charge in [0.25, 0.3) is 0 Å². The molecular formula is C10H10ClN3O2. The highest BCUT2D eigenvalue weighted by Crippen LogP contribution is 2.21. The van der Waals surface area contributed by atoms with Gasteiger partial charge in [-0.25, -0.2) is 14.8 Å². The number of carbonyl (C=O) groups is 1. The molecule has 5 nitrogen and oxygen atoms in total. The Morgan fingerprint density at radius 2 is 2.44 bits per heavy atom. The third kappa shape index (κ3) is 2.84. The molecule has 0 aliphatic carbocycles. The third-order valence-corrected chi connectivity index (χ3v) is 1.97. The number of aromatic nitrogens is 2. The minimum Gasteiger partial charge on any atom is -0.461 e. The van der Waals surface area contributed by atoms with Crippen LogP contribution in [-0.2, 0) is 4.74 Å². The van der Waals surface area contributed by atoms with Crippen LogP contribution in [0, 0.1) is 12.3 Å². The Bertz CT molecular complexity index is 429. The number of hydrogen-bond donors (Lipinski definition) is 1. The lowest BCUT2D eigenvalue weighted by atomic mass is 10.4. The van der Waals surface area contributed by atoms with Crippen molar-refractivity contribution in [2.45, 2.75) is 6.92 Å². The molecule has 0 spiro atoms. The van der Waals surface area contributed by atoms with Crippen molar-refractivity contribution >= 4 is 23.4 Å². The van der Waals surface area contributed by atoms with Gasteiger partial charge in [-0.1, -0.05) is 17.5 Å². The van der Waals surface area contributed by atoms with Crippen LogP contribution in [0.25, 0.3) is 0 Å². The maximum atomic E-state index is 11.4. The summed E-state index contributed by atoms with van der Waals surface area (Å²) in [6, 6.07) is 0. The van der Waals surface area contributed by atoms with E-state index in [2.05, 4.69) is 21.2 Å². The van der Waals surface area contributed by atoms with E-state index in [1.54, 1.807) is 6.92 Å². The van der Waals surface area contributed by atoms with Crippen molar-refractivity contribution in [1.29, 1.82) is 0 Å². The molecule has 0 unspecified atom stereocenters. The zero-order chi connectivity index (χ0) is 12.0. The number of ether oxygens (including phenoxy) is 1. The fourth-order valence-electron chi connectivity index (χ4n) is 0.970. The predicted octanol–water partition coefficient (Wildman–Crippen LogP) is 1.35. The molecule has 1 rings (SSSR count). The van der Waals surface area contributed by atoms with E-state index in [1.807, 2.05) is 0 Å². The second-order valence-electron chi connectivity index (χ2n) is 2.66. The van der Waals surface area contributed by atoms with Crippen LogP contribution in [0.1, 0.15) is 17.4 Å². The van der Waals surface area contributed by atoms with Crippen molar-refractivity contribution in [1.82, 2.24) is 9.97 Å². The molecule has 1 heterocycles. The van der Waals surface area contributed by atoms with Crippen molar-refractivity contribution in [3.8, 4) is 12.3 Å². The Kier molecular flexibility index (Phi) is 4.55. The van der Waals surface area contributed by atoms with Crippen LogP contribution in [0.5, 0.6) is 0 Å². The summed E-state index contributed by atoms with van der Waals surface area (Å²) < 4.78 is 4.79. The van der Waals surface area contributed by atoms with E-state index in [4.69, 9.17) is 22.8 Å². The minimum atomic E-state index is -0.585. The number of anilines is 1. The topological polar surface area (TPSA) is 64.1 Å². The van der Waals surface area contributed by atoms with Gasteiger partial charge < -0.3 is 10.1 Å². The number of esters is 1. The summed E-state index contributed by atoms with van der Waals surface area (Å²) in [4.78, 5) is 19.0. The third-order valence-electron chi connectivity index (χ3n) is 1.62. The van der Waals surface area contributed by atoms with Crippen LogP contribution >= 0.6 is 11.6 Å². The Labute approximate surface area is 98.2 Å². The van der Waals surface area contributed by atoms with Gasteiger partial charge >= 0.3 is 5.97 Å². The van der Waals surface area contributed by atoms with Gasteiger partial charge in [-0.3, -0.25) is 0 Å². The summed E-state index contributed by atoms with van der Waals surface area (Å²) >= 11 is 5.92. The highest BCUT2D eigenvalue weighted by atomic mass is 35.5. The fourth-order valence-corrected chi connectivity index (χ4v) is 1.21. The lowest BCUT2D eigenvalue weighted by Gasteiger charge is -2.07. The zero-order valence-corrected chi connectivity index (χ0v) is 9.41. The molecule has 0 fully saturated rings.